The van der Waals surface area contributed by atoms with Crippen molar-refractivity contribution in [1.29, 1.82) is 0 Å². The lowest BCUT2D eigenvalue weighted by atomic mass is 9.76. The minimum atomic E-state index is -0.606. The Hall–Kier alpha value is -0.860. The van der Waals surface area contributed by atoms with Crippen LogP contribution in [0.5, 0.6) is 0 Å². The van der Waals surface area contributed by atoms with E-state index in [4.69, 9.17) is 0 Å². The lowest BCUT2D eigenvalue weighted by molar-refractivity contribution is -0.00816. The number of benzene rings is 1. The van der Waals surface area contributed by atoms with Crippen molar-refractivity contribution >= 4 is 0 Å². The first-order valence-electron chi connectivity index (χ1n) is 6.52. The summed E-state index contributed by atoms with van der Waals surface area (Å²) < 4.78 is 0. The fraction of sp³-hybridized carbons (Fsp3) is 0.600. The predicted octanol–water partition coefficient (Wildman–Crippen LogP) is 2.65. The fourth-order valence-corrected chi connectivity index (χ4v) is 2.99. The summed E-state index contributed by atoms with van der Waals surface area (Å²) in [7, 11) is 2.01. The first-order chi connectivity index (χ1) is 8.05. The van der Waals surface area contributed by atoms with Gasteiger partial charge in [0.1, 0.15) is 0 Å². The fourth-order valence-electron chi connectivity index (χ4n) is 2.99. The third-order valence-electron chi connectivity index (χ3n) is 4.10. The van der Waals surface area contributed by atoms with Gasteiger partial charge in [-0.3, -0.25) is 0 Å². The van der Waals surface area contributed by atoms with Crippen LogP contribution in [0.4, 0.5) is 0 Å². The molecule has 17 heavy (non-hydrogen) atoms. The van der Waals surface area contributed by atoms with E-state index < -0.39 is 5.60 Å². The van der Waals surface area contributed by atoms with Crippen LogP contribution in [-0.2, 0) is 5.60 Å². The van der Waals surface area contributed by atoms with Gasteiger partial charge in [-0.2, -0.15) is 0 Å². The molecule has 1 aromatic carbocycles. The molecule has 2 nitrogen and oxygen atoms in total. The Morgan fingerprint density at radius 2 is 1.88 bits per heavy atom. The average molecular weight is 233 g/mol. The number of aryl methyl sites for hydroxylation is 2. The van der Waals surface area contributed by atoms with E-state index in [2.05, 4.69) is 37.4 Å². The maximum absolute atomic E-state index is 10.8. The summed E-state index contributed by atoms with van der Waals surface area (Å²) >= 11 is 0. The van der Waals surface area contributed by atoms with Gasteiger partial charge in [0.05, 0.1) is 5.60 Å². The minimum Gasteiger partial charge on any atom is -0.385 e. The van der Waals surface area contributed by atoms with Crippen molar-refractivity contribution in [3.63, 3.8) is 0 Å². The molecule has 1 fully saturated rings. The zero-order valence-electron chi connectivity index (χ0n) is 11.1. The van der Waals surface area contributed by atoms with E-state index in [9.17, 15) is 5.11 Å². The van der Waals surface area contributed by atoms with E-state index in [0.29, 0.717) is 6.04 Å². The van der Waals surface area contributed by atoms with Gasteiger partial charge in [0.15, 0.2) is 0 Å². The van der Waals surface area contributed by atoms with Gasteiger partial charge in [-0.1, -0.05) is 23.8 Å². The molecule has 2 rings (SSSR count). The molecule has 0 atom stereocenters. The Bertz CT molecular complexity index is 392. The molecule has 1 aliphatic rings. The Kier molecular flexibility index (Phi) is 3.55. The molecule has 0 aliphatic heterocycles. The van der Waals surface area contributed by atoms with Crippen molar-refractivity contribution in [2.75, 3.05) is 7.05 Å². The van der Waals surface area contributed by atoms with E-state index >= 15 is 0 Å². The first kappa shape index (κ1) is 12.6. The average Bonchev–Trinajstić information content (AvgIpc) is 2.29. The number of hydrogen-bond donors (Lipinski definition) is 2. The van der Waals surface area contributed by atoms with E-state index in [1.807, 2.05) is 7.05 Å². The molecule has 0 unspecified atom stereocenters. The van der Waals surface area contributed by atoms with Crippen LogP contribution >= 0.6 is 0 Å². The van der Waals surface area contributed by atoms with E-state index in [1.165, 1.54) is 11.1 Å². The summed E-state index contributed by atoms with van der Waals surface area (Å²) in [5.41, 5.74) is 3.00. The zero-order chi connectivity index (χ0) is 12.5. The highest BCUT2D eigenvalue weighted by Gasteiger charge is 2.35. The van der Waals surface area contributed by atoms with Gasteiger partial charge in [-0.15, -0.1) is 0 Å². The summed E-state index contributed by atoms with van der Waals surface area (Å²) in [6.07, 6.45) is 3.84. The van der Waals surface area contributed by atoms with Gasteiger partial charge in [-0.25, -0.2) is 0 Å². The summed E-state index contributed by atoms with van der Waals surface area (Å²) in [6, 6.07) is 6.94. The SMILES string of the molecule is CNC1CCC(O)(c2ccc(C)cc2C)CC1. The summed E-state index contributed by atoms with van der Waals surface area (Å²) in [5.74, 6) is 0. The van der Waals surface area contributed by atoms with Gasteiger partial charge in [0.25, 0.3) is 0 Å². The van der Waals surface area contributed by atoms with Crippen molar-refractivity contribution in [3.05, 3.63) is 34.9 Å². The molecule has 1 aliphatic carbocycles. The van der Waals surface area contributed by atoms with E-state index in [-0.39, 0.29) is 0 Å². The molecular formula is C15H23NO. The topological polar surface area (TPSA) is 32.3 Å². The maximum Gasteiger partial charge on any atom is 0.0900 e. The van der Waals surface area contributed by atoms with Gasteiger partial charge in [-0.05, 0) is 57.7 Å². The molecule has 0 radical (unpaired) electrons. The van der Waals surface area contributed by atoms with E-state index in [1.54, 1.807) is 0 Å². The Morgan fingerprint density at radius 3 is 2.41 bits per heavy atom. The highest BCUT2D eigenvalue weighted by Crippen LogP contribution is 2.38. The second-order valence-electron chi connectivity index (χ2n) is 5.41. The smallest absolute Gasteiger partial charge is 0.0900 e. The van der Waals surface area contributed by atoms with Crippen LogP contribution in [0.15, 0.2) is 18.2 Å². The summed E-state index contributed by atoms with van der Waals surface area (Å²) in [5, 5.41) is 14.1. The summed E-state index contributed by atoms with van der Waals surface area (Å²) in [6.45, 7) is 4.20. The quantitative estimate of drug-likeness (QED) is 0.823. The molecule has 0 heterocycles. The molecule has 94 valence electrons. The van der Waals surface area contributed by atoms with E-state index in [0.717, 1.165) is 31.2 Å². The zero-order valence-corrected chi connectivity index (χ0v) is 11.1. The number of rotatable bonds is 2. The van der Waals surface area contributed by atoms with Crippen molar-refractivity contribution < 1.29 is 5.11 Å². The summed E-state index contributed by atoms with van der Waals surface area (Å²) in [4.78, 5) is 0. The van der Waals surface area contributed by atoms with Crippen LogP contribution < -0.4 is 5.32 Å². The van der Waals surface area contributed by atoms with Gasteiger partial charge in [0, 0.05) is 6.04 Å². The Balaban J connectivity index is 2.21. The van der Waals surface area contributed by atoms with Crippen molar-refractivity contribution in [2.45, 2.75) is 51.2 Å². The van der Waals surface area contributed by atoms with Crippen LogP contribution in [0.25, 0.3) is 0 Å². The predicted molar refractivity (Wildman–Crippen MR) is 71.1 cm³/mol. The molecule has 2 N–H and O–H groups in total. The second-order valence-corrected chi connectivity index (χ2v) is 5.41. The standard InChI is InChI=1S/C15H23NO/c1-11-4-5-14(12(2)10-11)15(17)8-6-13(16-3)7-9-15/h4-5,10,13,16-17H,6-9H2,1-3H3. The van der Waals surface area contributed by atoms with Gasteiger partial charge < -0.3 is 10.4 Å². The number of nitrogens with one attached hydrogen (secondary N) is 1. The molecule has 0 spiro atoms. The lowest BCUT2D eigenvalue weighted by Gasteiger charge is -2.37. The van der Waals surface area contributed by atoms with Crippen LogP contribution in [0.2, 0.25) is 0 Å². The maximum atomic E-state index is 10.8. The first-order valence-corrected chi connectivity index (χ1v) is 6.52. The third kappa shape index (κ3) is 2.53. The molecule has 1 saturated carbocycles. The normalized spacial score (nSPS) is 29.3. The highest BCUT2D eigenvalue weighted by molar-refractivity contribution is 5.35. The molecule has 1 aromatic rings. The van der Waals surface area contributed by atoms with Crippen molar-refractivity contribution in [1.82, 2.24) is 5.32 Å². The van der Waals surface area contributed by atoms with Crippen LogP contribution in [0.3, 0.4) is 0 Å². The number of aliphatic hydroxyl groups is 1. The second kappa shape index (κ2) is 4.79. The van der Waals surface area contributed by atoms with Gasteiger partial charge >= 0.3 is 0 Å². The minimum absolute atomic E-state index is 0.570. The molecular weight excluding hydrogens is 210 g/mol. The van der Waals surface area contributed by atoms with Crippen LogP contribution in [0, 0.1) is 13.8 Å². The molecule has 0 bridgehead atoms. The van der Waals surface area contributed by atoms with Gasteiger partial charge in [0.2, 0.25) is 0 Å². The third-order valence-corrected chi connectivity index (χ3v) is 4.10. The number of hydrogen-bond acceptors (Lipinski definition) is 2. The van der Waals surface area contributed by atoms with Crippen LogP contribution in [0.1, 0.15) is 42.4 Å². The Morgan fingerprint density at radius 1 is 1.24 bits per heavy atom. The largest absolute Gasteiger partial charge is 0.385 e. The monoisotopic (exact) mass is 233 g/mol. The molecule has 0 amide bonds. The molecule has 2 heteroatoms. The van der Waals surface area contributed by atoms with Crippen LogP contribution in [-0.4, -0.2) is 18.2 Å². The van der Waals surface area contributed by atoms with Crippen molar-refractivity contribution in [3.8, 4) is 0 Å². The molecule has 0 saturated heterocycles. The Labute approximate surface area is 104 Å². The lowest BCUT2D eigenvalue weighted by Crippen LogP contribution is -2.38. The highest BCUT2D eigenvalue weighted by atomic mass is 16.3. The molecule has 0 aromatic heterocycles. The van der Waals surface area contributed by atoms with Crippen molar-refractivity contribution in [2.24, 2.45) is 0 Å².